The van der Waals surface area contributed by atoms with Crippen molar-refractivity contribution < 1.29 is 53.7 Å². The number of carbonyl (C=O) groups is 2. The molecule has 11 heteroatoms. The summed E-state index contributed by atoms with van der Waals surface area (Å²) in [5, 5.41) is 42.9. The van der Waals surface area contributed by atoms with Gasteiger partial charge in [0.15, 0.2) is 18.5 Å². The molecule has 0 bridgehead atoms. The van der Waals surface area contributed by atoms with Crippen LogP contribution in [0.1, 0.15) is 318 Å². The van der Waals surface area contributed by atoms with E-state index in [9.17, 15) is 30.0 Å². The van der Waals surface area contributed by atoms with Gasteiger partial charge in [-0.2, -0.15) is 0 Å². The van der Waals surface area contributed by atoms with Crippen LogP contribution in [-0.4, -0.2) is 94.3 Å². The minimum absolute atomic E-state index is 0.147. The molecule has 0 saturated carbocycles. The predicted octanol–water partition coefficient (Wildman–Crippen LogP) is 16.3. The second-order valence-electron chi connectivity index (χ2n) is 24.5. The number of ether oxygens (including phenoxy) is 5. The zero-order valence-corrected chi connectivity index (χ0v) is 50.6. The summed E-state index contributed by atoms with van der Waals surface area (Å²) >= 11 is 0. The Bertz CT molecular complexity index is 1350. The first kappa shape index (κ1) is 70.8. The summed E-state index contributed by atoms with van der Waals surface area (Å²) in [6.07, 6.45) is 41.2. The number of hydrogen-bond donors (Lipinski definition) is 4. The number of esters is 2. The van der Waals surface area contributed by atoms with Gasteiger partial charge in [0, 0.05) is 12.3 Å². The summed E-state index contributed by atoms with van der Waals surface area (Å²) in [6.45, 7) is 13.8. The van der Waals surface area contributed by atoms with E-state index in [4.69, 9.17) is 23.7 Å². The topological polar surface area (TPSA) is 161 Å². The highest BCUT2D eigenvalue weighted by molar-refractivity contribution is 5.72. The van der Waals surface area contributed by atoms with Crippen molar-refractivity contribution >= 4 is 11.9 Å². The molecule has 11 nitrogen and oxygen atoms in total. The highest BCUT2D eigenvalue weighted by Gasteiger charge is 2.53. The molecule has 10 unspecified atom stereocenters. The van der Waals surface area contributed by atoms with Gasteiger partial charge in [-0.25, -0.2) is 0 Å². The first-order valence-electron chi connectivity index (χ1n) is 32.9. The van der Waals surface area contributed by atoms with Gasteiger partial charge in [0.2, 0.25) is 6.29 Å². The Balaban J connectivity index is 1.74. The van der Waals surface area contributed by atoms with Crippen molar-refractivity contribution in [2.24, 2.45) is 23.7 Å². The molecule has 0 amide bonds. The third-order valence-corrected chi connectivity index (χ3v) is 17.0. The van der Waals surface area contributed by atoms with Crippen molar-refractivity contribution in [2.45, 2.75) is 373 Å². The molecule has 4 N–H and O–H groups in total. The van der Waals surface area contributed by atoms with E-state index in [1.807, 2.05) is 13.8 Å². The lowest BCUT2D eigenvalue weighted by molar-refractivity contribution is -0.368. The second kappa shape index (κ2) is 46.3. The summed E-state index contributed by atoms with van der Waals surface area (Å²) in [4.78, 5) is 27.5. The fourth-order valence-corrected chi connectivity index (χ4v) is 11.9. The number of hydrogen-bond acceptors (Lipinski definition) is 11. The largest absolute Gasteiger partial charge is 0.455 e. The smallest absolute Gasteiger partial charge is 0.309 e. The van der Waals surface area contributed by atoms with Crippen molar-refractivity contribution in [2.75, 3.05) is 6.61 Å². The summed E-state index contributed by atoms with van der Waals surface area (Å²) in [7, 11) is 0. The Hall–Kier alpha value is -1.34. The van der Waals surface area contributed by atoms with E-state index in [1.54, 1.807) is 6.92 Å². The third kappa shape index (κ3) is 32.2. The third-order valence-electron chi connectivity index (χ3n) is 17.0. The molecule has 450 valence electrons. The maximum Gasteiger partial charge on any atom is 0.309 e. The molecule has 76 heavy (non-hydrogen) atoms. The van der Waals surface area contributed by atoms with E-state index in [2.05, 4.69) is 27.7 Å². The van der Waals surface area contributed by atoms with E-state index in [-0.39, 0.29) is 12.3 Å². The van der Waals surface area contributed by atoms with Gasteiger partial charge in [-0.05, 0) is 37.5 Å². The van der Waals surface area contributed by atoms with Gasteiger partial charge < -0.3 is 44.1 Å². The van der Waals surface area contributed by atoms with Gasteiger partial charge in [0.1, 0.15) is 18.3 Å². The number of unbranched alkanes of at least 4 members (excludes halogenated alkanes) is 35. The van der Waals surface area contributed by atoms with Crippen LogP contribution in [0.4, 0.5) is 0 Å². The zero-order chi connectivity index (χ0) is 55.6. The minimum Gasteiger partial charge on any atom is -0.455 e. The molecule has 0 radical (unpaired) electrons. The quantitative estimate of drug-likeness (QED) is 0.0339. The van der Waals surface area contributed by atoms with E-state index < -0.39 is 85.7 Å². The van der Waals surface area contributed by atoms with Gasteiger partial charge >= 0.3 is 11.9 Å². The van der Waals surface area contributed by atoms with Gasteiger partial charge in [-0.15, -0.1) is 0 Å². The molecule has 2 aliphatic rings. The van der Waals surface area contributed by atoms with Crippen LogP contribution in [-0.2, 0) is 33.3 Å². The first-order valence-corrected chi connectivity index (χ1v) is 32.9. The maximum absolute atomic E-state index is 13.9. The Labute approximate surface area is 467 Å². The number of aliphatic hydroxyl groups excluding tert-OH is 4. The highest BCUT2D eigenvalue weighted by atomic mass is 16.8. The van der Waals surface area contributed by atoms with Crippen LogP contribution >= 0.6 is 0 Å². The summed E-state index contributed by atoms with van der Waals surface area (Å²) in [5.74, 6) is -1.38. The van der Waals surface area contributed by atoms with Crippen LogP contribution < -0.4 is 0 Å². The van der Waals surface area contributed by atoms with Crippen LogP contribution in [0.25, 0.3) is 0 Å². The summed E-state index contributed by atoms with van der Waals surface area (Å²) in [6, 6.07) is 0. The molecule has 2 rings (SSSR count). The lowest BCUT2D eigenvalue weighted by Crippen LogP contribution is -2.63. The average molecular weight is 1080 g/mol. The molecule has 0 aromatic heterocycles. The average Bonchev–Trinajstić information content (AvgIpc) is 3.40. The summed E-state index contributed by atoms with van der Waals surface area (Å²) in [5.41, 5.74) is 0. The molecule has 0 aromatic carbocycles. The lowest BCUT2D eigenvalue weighted by Gasteiger charge is -2.46. The molecule has 0 spiro atoms. The van der Waals surface area contributed by atoms with Crippen molar-refractivity contribution in [3.05, 3.63) is 0 Å². The molecule has 13 atom stereocenters. The normalized spacial score (nSPS) is 25.1. The molecule has 2 saturated heterocycles. The highest BCUT2D eigenvalue weighted by Crippen LogP contribution is 2.35. The Morgan fingerprint density at radius 1 is 0.447 bits per heavy atom. The molecule has 0 aliphatic carbocycles. The van der Waals surface area contributed by atoms with Crippen LogP contribution in [0.3, 0.4) is 0 Å². The van der Waals surface area contributed by atoms with E-state index >= 15 is 0 Å². The Morgan fingerprint density at radius 2 is 0.842 bits per heavy atom. The fourth-order valence-electron chi connectivity index (χ4n) is 11.9. The van der Waals surface area contributed by atoms with Gasteiger partial charge in [-0.3, -0.25) is 9.59 Å². The van der Waals surface area contributed by atoms with Gasteiger partial charge in [-0.1, -0.05) is 286 Å². The zero-order valence-electron chi connectivity index (χ0n) is 50.6. The molecule has 0 aromatic rings. The molecule has 2 heterocycles. The van der Waals surface area contributed by atoms with E-state index in [1.165, 1.54) is 218 Å². The van der Waals surface area contributed by atoms with Gasteiger partial charge in [0.05, 0.1) is 24.7 Å². The predicted molar refractivity (Wildman–Crippen MR) is 311 cm³/mol. The molecular formula is C65H124O11. The minimum atomic E-state index is -1.33. The monoisotopic (exact) mass is 1080 g/mol. The van der Waals surface area contributed by atoms with Crippen LogP contribution in [0, 0.1) is 23.7 Å². The molecule has 2 aliphatic heterocycles. The first-order chi connectivity index (χ1) is 36.9. The Morgan fingerprint density at radius 3 is 1.25 bits per heavy atom. The lowest BCUT2D eigenvalue weighted by atomic mass is 9.87. The van der Waals surface area contributed by atoms with Crippen LogP contribution in [0.2, 0.25) is 0 Å². The maximum atomic E-state index is 13.9. The van der Waals surface area contributed by atoms with Crippen molar-refractivity contribution in [1.29, 1.82) is 0 Å². The van der Waals surface area contributed by atoms with Crippen molar-refractivity contribution in [3.8, 4) is 0 Å². The fraction of sp³-hybridized carbons (Fsp3) is 0.969. The van der Waals surface area contributed by atoms with Crippen LogP contribution in [0.15, 0.2) is 0 Å². The van der Waals surface area contributed by atoms with Crippen LogP contribution in [0.5, 0.6) is 0 Å². The van der Waals surface area contributed by atoms with Crippen molar-refractivity contribution in [1.82, 2.24) is 0 Å². The Kier molecular flexibility index (Phi) is 43.1. The SMILES string of the molecule is CCCCCCCCCCCCCCCCCCCCCCCCCC[C@H](C)C[C@H](C)C[C@H](C)C(=O)OC1C(O)C(CC)OC(OC2OC(CO)C(O)C(O)C2C)C1OC(=O)CCCCCCCCCCCCCCC. The standard InChI is InChI=1S/C65H124O11/c1-8-11-13-15-17-19-21-23-24-25-26-27-28-29-30-31-32-33-35-36-38-40-42-44-46-51(4)48-52(5)49-53(6)63(71)75-61-60(70)55(10-3)72-65(76-64-54(7)58(68)59(69)56(50-66)73-64)62(61)74-57(67)47-45-43-41-39-37-34-22-20-18-16-14-12-9-2/h51-56,58-62,64-66,68-70H,8-50H2,1-7H3/t51-,52-,53-,54?,55?,56?,58?,59?,60?,61?,62?,64?,65?/m0/s1. The van der Waals surface area contributed by atoms with Crippen molar-refractivity contribution in [3.63, 3.8) is 0 Å². The molecule has 2 fully saturated rings. The number of carbonyl (C=O) groups excluding carboxylic acids is 2. The number of aliphatic hydroxyl groups is 4. The van der Waals surface area contributed by atoms with E-state index in [0.717, 1.165) is 25.7 Å². The molecular weight excluding hydrogens is 957 g/mol. The number of rotatable bonds is 50. The second-order valence-corrected chi connectivity index (χ2v) is 24.5. The van der Waals surface area contributed by atoms with Gasteiger partial charge in [0.25, 0.3) is 0 Å². The summed E-state index contributed by atoms with van der Waals surface area (Å²) < 4.78 is 30.6. The van der Waals surface area contributed by atoms with E-state index in [0.29, 0.717) is 25.2 Å².